The Morgan fingerprint density at radius 2 is 1.47 bits per heavy atom. The molecule has 15 heavy (non-hydrogen) atoms. The zero-order valence-corrected chi connectivity index (χ0v) is 15.2. The first kappa shape index (κ1) is 24.8. The number of Topliss-reactive ketones (excluding diaryl/α,β-unsaturated/α-hetero) is 1. The van der Waals surface area contributed by atoms with Crippen LogP contribution in [0.3, 0.4) is 0 Å². The van der Waals surface area contributed by atoms with Crippen LogP contribution in [0.2, 0.25) is 0 Å². The van der Waals surface area contributed by atoms with Gasteiger partial charge in [-0.2, -0.15) is 12.8 Å². The largest absolute Gasteiger partial charge is 2.00 e. The molecule has 0 saturated carbocycles. The average Bonchev–Trinajstić information content (AvgIpc) is 2.07. The summed E-state index contributed by atoms with van der Waals surface area (Å²) in [7, 11) is 0. The van der Waals surface area contributed by atoms with Crippen molar-refractivity contribution in [3.8, 4) is 0 Å². The van der Waals surface area contributed by atoms with Crippen molar-refractivity contribution < 1.29 is 35.9 Å². The molecule has 0 aromatic heterocycles. The van der Waals surface area contributed by atoms with Gasteiger partial charge in [-0.1, -0.05) is 33.6 Å². The second-order valence-electron chi connectivity index (χ2n) is 3.16. The van der Waals surface area contributed by atoms with E-state index in [1.165, 1.54) is 12.8 Å². The van der Waals surface area contributed by atoms with E-state index in [4.69, 9.17) is 0 Å². The summed E-state index contributed by atoms with van der Waals surface area (Å²) in [6.07, 6.45) is 6.37. The van der Waals surface area contributed by atoms with Crippen molar-refractivity contribution in [2.45, 2.75) is 66.2 Å². The van der Waals surface area contributed by atoms with Crippen molar-refractivity contribution in [1.29, 1.82) is 0 Å². The zero-order chi connectivity index (χ0) is 11.8. The molecule has 0 aromatic carbocycles. The molecule has 0 atom stereocenters. The topological polar surface area (TPSA) is 17.1 Å². The molecule has 90 valence electrons. The maximum Gasteiger partial charge on any atom is 2.00 e. The summed E-state index contributed by atoms with van der Waals surface area (Å²) in [5, 5.41) is 0. The minimum absolute atomic E-state index is 0. The Morgan fingerprint density at radius 3 is 1.47 bits per heavy atom. The molecule has 0 unspecified atom stereocenters. The first-order valence-electron chi connectivity index (χ1n) is 5.68. The van der Waals surface area contributed by atoms with Crippen LogP contribution in [0.1, 0.15) is 66.2 Å². The number of unbranched alkanes of at least 4 members (excludes halogenated alkanes) is 2. The molecular formula is C13H28OU. The van der Waals surface area contributed by atoms with Crippen LogP contribution in [0.4, 0.5) is 0 Å². The number of rotatable bonds is 4. The molecule has 0 aliphatic heterocycles. The second-order valence-corrected chi connectivity index (χ2v) is 3.16. The van der Waals surface area contributed by atoms with Gasteiger partial charge in [0.1, 0.15) is 5.78 Å². The third kappa shape index (κ3) is 72.8. The van der Waals surface area contributed by atoms with Gasteiger partial charge in [-0.3, -0.25) is 0 Å². The van der Waals surface area contributed by atoms with Gasteiger partial charge in [0, 0.05) is 6.42 Å². The van der Waals surface area contributed by atoms with Gasteiger partial charge in [-0.25, -0.2) is 0 Å². The Kier molecular flexibility index (Phi) is 48.5. The van der Waals surface area contributed by atoms with Crippen molar-refractivity contribution >= 4 is 5.78 Å². The van der Waals surface area contributed by atoms with E-state index in [0.717, 1.165) is 25.7 Å². The molecule has 0 saturated heterocycles. The van der Waals surface area contributed by atoms with Crippen LogP contribution in [0, 0.1) is 45.0 Å². The summed E-state index contributed by atoms with van der Waals surface area (Å²) >= 11 is 0. The number of hydrogen-bond donors (Lipinski definition) is 0. The van der Waals surface area contributed by atoms with E-state index in [0.29, 0.717) is 0 Å². The fraction of sp³-hybridized carbons (Fsp3) is 0.769. The molecule has 0 heterocycles. The maximum atomic E-state index is 10.0. The smallest absolute Gasteiger partial charge is 0.344 e. The predicted molar refractivity (Wildman–Crippen MR) is 66.1 cm³/mol. The minimum atomic E-state index is 0. The predicted octanol–water partition coefficient (Wildman–Crippen LogP) is 4.62. The molecule has 0 fully saturated rings. The normalized spacial score (nSPS) is 7.33. The van der Waals surface area contributed by atoms with Crippen LogP contribution in [-0.4, -0.2) is 5.78 Å². The minimum Gasteiger partial charge on any atom is -0.344 e. The van der Waals surface area contributed by atoms with Gasteiger partial charge < -0.3 is 18.6 Å². The molecule has 2 heteroatoms. The Balaban J connectivity index is -0.0000000617. The Bertz CT molecular complexity index is 90.5. The monoisotopic (exact) mass is 438 g/mol. The quantitative estimate of drug-likeness (QED) is 0.586. The first-order chi connectivity index (χ1) is 6.60. The second kappa shape index (κ2) is 29.3. The first-order valence-corrected chi connectivity index (χ1v) is 5.68. The summed E-state index contributed by atoms with van der Waals surface area (Å²) in [4.78, 5) is 10.0. The number of hydrogen-bond acceptors (Lipinski definition) is 1. The molecule has 0 bridgehead atoms. The van der Waals surface area contributed by atoms with Gasteiger partial charge >= 0.3 is 31.1 Å². The summed E-state index contributed by atoms with van der Waals surface area (Å²) in [6, 6.07) is 0. The van der Waals surface area contributed by atoms with E-state index >= 15 is 0 Å². The van der Waals surface area contributed by atoms with E-state index in [9.17, 15) is 4.79 Å². The molecule has 1 nitrogen and oxygen atoms in total. The van der Waals surface area contributed by atoms with Crippen molar-refractivity contribution in [2.75, 3.05) is 0 Å². The summed E-state index contributed by atoms with van der Waals surface area (Å²) in [6.45, 7) is 15.0. The van der Waals surface area contributed by atoms with Gasteiger partial charge in [0.25, 0.3) is 0 Å². The Labute approximate surface area is 121 Å². The summed E-state index contributed by atoms with van der Waals surface area (Å²) < 4.78 is 0. The van der Waals surface area contributed by atoms with Crippen molar-refractivity contribution in [2.24, 2.45) is 0 Å². The van der Waals surface area contributed by atoms with E-state index in [1.54, 1.807) is 6.92 Å². The maximum absolute atomic E-state index is 10.0. The number of carbonyl (C=O) groups excluding carboxylic acids is 1. The fourth-order valence-electron chi connectivity index (χ4n) is 0.602. The van der Waals surface area contributed by atoms with Crippen LogP contribution >= 0.6 is 0 Å². The molecule has 0 N–H and O–H groups in total. The zero-order valence-electron chi connectivity index (χ0n) is 11.1. The molecule has 0 spiro atoms. The Hall–Kier alpha value is 0.722. The van der Waals surface area contributed by atoms with Gasteiger partial charge in [0.2, 0.25) is 0 Å². The average molecular weight is 438 g/mol. The summed E-state index contributed by atoms with van der Waals surface area (Å²) in [5.41, 5.74) is 0. The van der Waals surface area contributed by atoms with E-state index in [1.807, 2.05) is 13.8 Å². The standard InChI is InChI=1S/C5H10O.C5H11.C3H7.U/c1-3-4-5(2)6;1-3-5-4-2;1-3-2;/h3-4H2,1-2H3;1,3-5H2,2H3;1,3H2,2H3;/q;2*-1;+2. The van der Waals surface area contributed by atoms with Crippen molar-refractivity contribution in [3.05, 3.63) is 13.8 Å². The van der Waals surface area contributed by atoms with Gasteiger partial charge in [-0.05, 0) is 13.3 Å². The van der Waals surface area contributed by atoms with E-state index < -0.39 is 0 Å². The van der Waals surface area contributed by atoms with Gasteiger partial charge in [-0.15, -0.1) is 0 Å². The third-order valence-corrected chi connectivity index (χ3v) is 1.21. The molecule has 0 rings (SSSR count). The van der Waals surface area contributed by atoms with Gasteiger partial charge in [0.05, 0.1) is 0 Å². The number of ketones is 1. The van der Waals surface area contributed by atoms with Crippen LogP contribution in [0.5, 0.6) is 0 Å². The van der Waals surface area contributed by atoms with Crippen molar-refractivity contribution in [3.63, 3.8) is 0 Å². The third-order valence-electron chi connectivity index (χ3n) is 1.21. The van der Waals surface area contributed by atoms with E-state index in [-0.39, 0.29) is 36.9 Å². The number of carbonyl (C=O) groups is 1. The van der Waals surface area contributed by atoms with Gasteiger partial charge in [0.15, 0.2) is 0 Å². The summed E-state index contributed by atoms with van der Waals surface area (Å²) in [5.74, 6) is 0.289. The van der Waals surface area contributed by atoms with Crippen LogP contribution in [0.25, 0.3) is 0 Å². The molecule has 0 aliphatic carbocycles. The molecule has 0 aromatic rings. The van der Waals surface area contributed by atoms with Crippen molar-refractivity contribution in [1.82, 2.24) is 0 Å². The molecular weight excluding hydrogens is 410 g/mol. The SMILES string of the molecule is CCCC(C)=O.[CH2-]CC.[CH2-]CCCC.[U+2]. The molecule has 0 radical (unpaired) electrons. The van der Waals surface area contributed by atoms with E-state index in [2.05, 4.69) is 20.8 Å². The van der Waals surface area contributed by atoms with Crippen LogP contribution < -0.4 is 0 Å². The fourth-order valence-corrected chi connectivity index (χ4v) is 0.602. The molecule has 0 aliphatic rings. The van der Waals surface area contributed by atoms with Crippen LogP contribution in [0.15, 0.2) is 0 Å². The molecule has 0 amide bonds. The van der Waals surface area contributed by atoms with Crippen LogP contribution in [-0.2, 0) is 4.79 Å². The Morgan fingerprint density at radius 1 is 1.07 bits per heavy atom.